The Morgan fingerprint density at radius 3 is 1.82 bits per heavy atom. The van der Waals surface area contributed by atoms with Crippen molar-refractivity contribution < 1.29 is 0 Å². The maximum Gasteiger partial charge on any atom is 0.0431 e. The second kappa shape index (κ2) is 16.5. The Balaban J connectivity index is 4.51. The molecule has 128 valence electrons. The summed E-state index contributed by atoms with van der Waals surface area (Å²) in [7, 11) is 0. The molecular formula is C21H39N. The van der Waals surface area contributed by atoms with Crippen molar-refractivity contribution in [3.8, 4) is 0 Å². The minimum atomic E-state index is 0.644. The molecule has 0 saturated carbocycles. The fourth-order valence-corrected chi connectivity index (χ4v) is 2.87. The molecule has 0 rings (SSSR count). The average molecular weight is 306 g/mol. The third kappa shape index (κ3) is 11.8. The van der Waals surface area contributed by atoms with E-state index in [2.05, 4.69) is 32.9 Å². The van der Waals surface area contributed by atoms with Crippen molar-refractivity contribution in [3.05, 3.63) is 24.4 Å². The van der Waals surface area contributed by atoms with Crippen molar-refractivity contribution in [1.29, 1.82) is 0 Å². The molecule has 0 saturated heterocycles. The first-order valence-corrected chi connectivity index (χ1v) is 9.61. The van der Waals surface area contributed by atoms with E-state index in [1.54, 1.807) is 0 Å². The summed E-state index contributed by atoms with van der Waals surface area (Å²) in [4.78, 5) is 4.70. The van der Waals surface area contributed by atoms with Crippen LogP contribution in [-0.2, 0) is 0 Å². The third-order valence-electron chi connectivity index (χ3n) is 4.19. The molecule has 1 atom stereocenters. The largest absolute Gasteiger partial charge is 0.261 e. The van der Waals surface area contributed by atoms with Gasteiger partial charge in [-0.05, 0) is 32.8 Å². The number of unbranched alkanes of at least 4 members (excludes halogenated alkanes) is 7. The highest BCUT2D eigenvalue weighted by atomic mass is 14.7. The fourth-order valence-electron chi connectivity index (χ4n) is 2.87. The Labute approximate surface area is 140 Å². The van der Waals surface area contributed by atoms with Gasteiger partial charge in [-0.1, -0.05) is 83.8 Å². The van der Waals surface area contributed by atoms with Gasteiger partial charge in [-0.2, -0.15) is 0 Å². The van der Waals surface area contributed by atoms with E-state index < -0.39 is 0 Å². The number of aliphatic imine (C=N–C) groups is 1. The lowest BCUT2D eigenvalue weighted by molar-refractivity contribution is 0.491. The Morgan fingerprint density at radius 1 is 0.773 bits per heavy atom. The van der Waals surface area contributed by atoms with Crippen LogP contribution in [0.15, 0.2) is 29.4 Å². The molecule has 22 heavy (non-hydrogen) atoms. The summed E-state index contributed by atoms with van der Waals surface area (Å²) in [6.45, 7) is 8.70. The maximum atomic E-state index is 4.70. The summed E-state index contributed by atoms with van der Waals surface area (Å²) >= 11 is 0. The smallest absolute Gasteiger partial charge is 0.0431 e. The Morgan fingerprint density at radius 2 is 1.32 bits per heavy atom. The number of hydrogen-bond acceptors (Lipinski definition) is 1. The van der Waals surface area contributed by atoms with Crippen molar-refractivity contribution in [1.82, 2.24) is 0 Å². The van der Waals surface area contributed by atoms with Gasteiger partial charge in [0.1, 0.15) is 0 Å². The zero-order chi connectivity index (χ0) is 16.5. The molecule has 1 heteroatoms. The first kappa shape index (κ1) is 21.1. The second-order valence-corrected chi connectivity index (χ2v) is 6.29. The van der Waals surface area contributed by atoms with Gasteiger partial charge in [0.2, 0.25) is 0 Å². The number of nitrogens with zero attached hydrogens (tertiary/aromatic N) is 1. The first-order valence-electron chi connectivity index (χ1n) is 9.61. The standard InChI is InChI=1S/C21H39N/c1-5-9-11-13-15-18-20(17-14-12-10-6-2)21(16-7-3)22-19-8-4/h7-8,16,19-20H,5-6,9-15,17-18H2,1-4H3/b16-7-,19-8-,22-21+. The maximum absolute atomic E-state index is 4.70. The van der Waals surface area contributed by atoms with E-state index in [1.807, 2.05) is 19.2 Å². The van der Waals surface area contributed by atoms with Crippen LogP contribution >= 0.6 is 0 Å². The molecule has 0 heterocycles. The third-order valence-corrected chi connectivity index (χ3v) is 4.19. The van der Waals surface area contributed by atoms with Crippen molar-refractivity contribution >= 4 is 5.71 Å². The van der Waals surface area contributed by atoms with Crippen LogP contribution < -0.4 is 0 Å². The SMILES string of the molecule is C\C=C/N=C(\C=C/C)C(CCCCCC)CCCCCCC. The fraction of sp³-hybridized carbons (Fsp3) is 0.762. The van der Waals surface area contributed by atoms with E-state index in [0.717, 1.165) is 0 Å². The lowest BCUT2D eigenvalue weighted by atomic mass is 9.90. The van der Waals surface area contributed by atoms with Crippen molar-refractivity contribution in [2.45, 2.75) is 98.3 Å². The molecule has 0 aromatic carbocycles. The van der Waals surface area contributed by atoms with Gasteiger partial charge in [0.15, 0.2) is 0 Å². The molecule has 0 aliphatic rings. The molecule has 1 unspecified atom stereocenters. The van der Waals surface area contributed by atoms with Crippen molar-refractivity contribution in [2.75, 3.05) is 0 Å². The molecular weight excluding hydrogens is 266 g/mol. The number of hydrogen-bond donors (Lipinski definition) is 0. The minimum Gasteiger partial charge on any atom is -0.261 e. The molecule has 0 radical (unpaired) electrons. The van der Waals surface area contributed by atoms with Crippen molar-refractivity contribution in [3.63, 3.8) is 0 Å². The van der Waals surface area contributed by atoms with E-state index >= 15 is 0 Å². The van der Waals surface area contributed by atoms with Crippen LogP contribution in [0.5, 0.6) is 0 Å². The lowest BCUT2D eigenvalue weighted by Gasteiger charge is -2.17. The Hall–Kier alpha value is -0.850. The number of allylic oxidation sites excluding steroid dienone is 3. The summed E-state index contributed by atoms with van der Waals surface area (Å²) in [6.07, 6.45) is 23.2. The van der Waals surface area contributed by atoms with E-state index in [4.69, 9.17) is 4.99 Å². The average Bonchev–Trinajstić information content (AvgIpc) is 2.53. The highest BCUT2D eigenvalue weighted by Crippen LogP contribution is 2.21. The van der Waals surface area contributed by atoms with E-state index in [9.17, 15) is 0 Å². The van der Waals surface area contributed by atoms with Crippen molar-refractivity contribution in [2.24, 2.45) is 10.9 Å². The van der Waals surface area contributed by atoms with Crippen LogP contribution in [0.3, 0.4) is 0 Å². The van der Waals surface area contributed by atoms with Gasteiger partial charge in [0.25, 0.3) is 0 Å². The lowest BCUT2D eigenvalue weighted by Crippen LogP contribution is -2.12. The molecule has 0 aliphatic heterocycles. The predicted molar refractivity (Wildman–Crippen MR) is 103 cm³/mol. The summed E-state index contributed by atoms with van der Waals surface area (Å²) in [5, 5.41) is 0. The van der Waals surface area contributed by atoms with E-state index in [0.29, 0.717) is 5.92 Å². The second-order valence-electron chi connectivity index (χ2n) is 6.29. The van der Waals surface area contributed by atoms with Crippen LogP contribution in [0, 0.1) is 5.92 Å². The molecule has 0 amide bonds. The minimum absolute atomic E-state index is 0.644. The predicted octanol–water partition coefficient (Wildman–Crippen LogP) is 7.48. The molecule has 0 aromatic rings. The molecule has 0 fully saturated rings. The van der Waals surface area contributed by atoms with Gasteiger partial charge >= 0.3 is 0 Å². The van der Waals surface area contributed by atoms with Gasteiger partial charge in [-0.15, -0.1) is 0 Å². The van der Waals surface area contributed by atoms with Gasteiger partial charge in [0.05, 0.1) is 0 Å². The highest BCUT2D eigenvalue weighted by molar-refractivity contribution is 5.97. The molecule has 0 bridgehead atoms. The van der Waals surface area contributed by atoms with E-state index in [-0.39, 0.29) is 0 Å². The van der Waals surface area contributed by atoms with Gasteiger partial charge < -0.3 is 0 Å². The topological polar surface area (TPSA) is 12.4 Å². The summed E-state index contributed by atoms with van der Waals surface area (Å²) in [5.41, 5.74) is 1.28. The Kier molecular flexibility index (Phi) is 15.9. The normalized spacial score (nSPS) is 14.3. The number of rotatable bonds is 14. The highest BCUT2D eigenvalue weighted by Gasteiger charge is 2.13. The molecule has 0 aliphatic carbocycles. The monoisotopic (exact) mass is 305 g/mol. The summed E-state index contributed by atoms with van der Waals surface area (Å²) < 4.78 is 0. The summed E-state index contributed by atoms with van der Waals surface area (Å²) in [6, 6.07) is 0. The van der Waals surface area contributed by atoms with Gasteiger partial charge in [-0.25, -0.2) is 0 Å². The first-order chi connectivity index (χ1) is 10.8. The van der Waals surface area contributed by atoms with Crippen LogP contribution in [-0.4, -0.2) is 5.71 Å². The molecule has 0 N–H and O–H groups in total. The zero-order valence-corrected chi connectivity index (χ0v) is 15.6. The molecule has 0 aromatic heterocycles. The Bertz CT molecular complexity index is 312. The molecule has 1 nitrogen and oxygen atoms in total. The van der Waals surface area contributed by atoms with Crippen LogP contribution in [0.4, 0.5) is 0 Å². The van der Waals surface area contributed by atoms with Crippen LogP contribution in [0.25, 0.3) is 0 Å². The van der Waals surface area contributed by atoms with Crippen LogP contribution in [0.1, 0.15) is 98.3 Å². The quantitative estimate of drug-likeness (QED) is 0.233. The zero-order valence-electron chi connectivity index (χ0n) is 15.6. The summed E-state index contributed by atoms with van der Waals surface area (Å²) in [5.74, 6) is 0.644. The van der Waals surface area contributed by atoms with Gasteiger partial charge in [0, 0.05) is 17.8 Å². The van der Waals surface area contributed by atoms with Gasteiger partial charge in [-0.3, -0.25) is 4.99 Å². The molecule has 0 spiro atoms. The van der Waals surface area contributed by atoms with E-state index in [1.165, 1.54) is 76.3 Å². The van der Waals surface area contributed by atoms with Crippen LogP contribution in [0.2, 0.25) is 0 Å².